The average Bonchev–Trinajstić information content (AvgIpc) is 2.85. The van der Waals surface area contributed by atoms with E-state index in [0.717, 1.165) is 16.7 Å². The summed E-state index contributed by atoms with van der Waals surface area (Å²) in [5, 5.41) is 28.2. The van der Waals surface area contributed by atoms with Gasteiger partial charge in [0.2, 0.25) is 0 Å². The number of halogens is 1. The van der Waals surface area contributed by atoms with Gasteiger partial charge in [-0.05, 0) is 60.2 Å². The van der Waals surface area contributed by atoms with Crippen LogP contribution < -0.4 is 5.56 Å². The minimum absolute atomic E-state index is 0.140. The van der Waals surface area contributed by atoms with Crippen molar-refractivity contribution in [3.05, 3.63) is 94.5 Å². The number of nitrogens with zero attached hydrogens (tertiary/aromatic N) is 3. The van der Waals surface area contributed by atoms with Crippen LogP contribution in [-0.2, 0) is 17.8 Å². The van der Waals surface area contributed by atoms with E-state index in [-0.39, 0.29) is 25.2 Å². The SMILES string of the molecule is O=C(O)[C@@H](CCn1nnc(=O)c2ccccc21)[C@H](O)CCc1ccc(-c2ccc(F)cc2)cc1. The summed E-state index contributed by atoms with van der Waals surface area (Å²) in [5.74, 6) is -2.36. The van der Waals surface area contributed by atoms with E-state index in [1.54, 1.807) is 36.4 Å². The van der Waals surface area contributed by atoms with Crippen LogP contribution in [0.2, 0.25) is 0 Å². The number of aliphatic hydroxyl groups is 1. The number of rotatable bonds is 9. The van der Waals surface area contributed by atoms with Gasteiger partial charge in [0.25, 0.3) is 5.56 Å². The summed E-state index contributed by atoms with van der Waals surface area (Å²) in [6.07, 6.45) is -0.117. The van der Waals surface area contributed by atoms with Crippen LogP contribution in [0.3, 0.4) is 0 Å². The summed E-state index contributed by atoms with van der Waals surface area (Å²) in [7, 11) is 0. The minimum atomic E-state index is -1.09. The van der Waals surface area contributed by atoms with E-state index >= 15 is 0 Å². The first kappa shape index (κ1) is 23.3. The predicted molar refractivity (Wildman–Crippen MR) is 126 cm³/mol. The lowest BCUT2D eigenvalue weighted by Crippen LogP contribution is -2.30. The summed E-state index contributed by atoms with van der Waals surface area (Å²) in [6, 6.07) is 20.8. The molecule has 7 nitrogen and oxygen atoms in total. The summed E-state index contributed by atoms with van der Waals surface area (Å²) < 4.78 is 14.6. The van der Waals surface area contributed by atoms with Crippen LogP contribution in [-0.4, -0.2) is 37.3 Å². The molecule has 34 heavy (non-hydrogen) atoms. The van der Waals surface area contributed by atoms with Crippen molar-refractivity contribution in [2.75, 3.05) is 0 Å². The number of carboxylic acid groups (broad SMARTS) is 1. The highest BCUT2D eigenvalue weighted by molar-refractivity contribution is 5.77. The number of hydrogen-bond donors (Lipinski definition) is 2. The van der Waals surface area contributed by atoms with Crippen LogP contribution in [0.15, 0.2) is 77.6 Å². The van der Waals surface area contributed by atoms with Gasteiger partial charge in [0.15, 0.2) is 0 Å². The Morgan fingerprint density at radius 3 is 2.26 bits per heavy atom. The molecule has 0 aliphatic carbocycles. The Bertz CT molecular complexity index is 1340. The molecule has 4 aromatic rings. The normalized spacial score (nSPS) is 13.0. The van der Waals surface area contributed by atoms with E-state index in [1.165, 1.54) is 16.8 Å². The summed E-state index contributed by atoms with van der Waals surface area (Å²) in [6.45, 7) is 0.203. The molecule has 8 heteroatoms. The fourth-order valence-electron chi connectivity index (χ4n) is 4.01. The molecule has 0 aliphatic heterocycles. The lowest BCUT2D eigenvalue weighted by atomic mass is 9.93. The van der Waals surface area contributed by atoms with Gasteiger partial charge in [-0.25, -0.2) is 9.07 Å². The number of aryl methyl sites for hydroxylation is 2. The van der Waals surface area contributed by atoms with Crippen LogP contribution in [0.1, 0.15) is 18.4 Å². The van der Waals surface area contributed by atoms with Gasteiger partial charge >= 0.3 is 5.97 Å². The van der Waals surface area contributed by atoms with Gasteiger partial charge in [0, 0.05) is 6.54 Å². The van der Waals surface area contributed by atoms with Crippen LogP contribution in [0.5, 0.6) is 0 Å². The first-order valence-corrected chi connectivity index (χ1v) is 11.0. The van der Waals surface area contributed by atoms with Gasteiger partial charge in [-0.1, -0.05) is 58.8 Å². The highest BCUT2D eigenvalue weighted by Gasteiger charge is 2.26. The van der Waals surface area contributed by atoms with Crippen molar-refractivity contribution >= 4 is 16.9 Å². The number of aromatic nitrogens is 3. The van der Waals surface area contributed by atoms with Crippen molar-refractivity contribution in [2.45, 2.75) is 31.9 Å². The third kappa shape index (κ3) is 5.35. The number of aliphatic hydroxyl groups excluding tert-OH is 1. The maximum Gasteiger partial charge on any atom is 0.309 e. The van der Waals surface area contributed by atoms with E-state index in [1.807, 2.05) is 24.3 Å². The molecule has 0 aliphatic rings. The second kappa shape index (κ2) is 10.4. The Balaban J connectivity index is 1.38. The van der Waals surface area contributed by atoms with Crippen molar-refractivity contribution < 1.29 is 19.4 Å². The molecule has 0 amide bonds. The molecule has 0 fully saturated rings. The zero-order valence-corrected chi connectivity index (χ0v) is 18.3. The van der Waals surface area contributed by atoms with Gasteiger partial charge in [0.05, 0.1) is 22.9 Å². The number of aliphatic carboxylic acids is 1. The maximum atomic E-state index is 13.1. The van der Waals surface area contributed by atoms with Crippen molar-refractivity contribution in [3.63, 3.8) is 0 Å². The second-order valence-electron chi connectivity index (χ2n) is 8.18. The number of hydrogen-bond acceptors (Lipinski definition) is 5. The van der Waals surface area contributed by atoms with Crippen LogP contribution in [0.25, 0.3) is 22.0 Å². The number of carboxylic acids is 1. The topological polar surface area (TPSA) is 105 Å². The number of benzene rings is 3. The number of carbonyl (C=O) groups is 1. The minimum Gasteiger partial charge on any atom is -0.481 e. The highest BCUT2D eigenvalue weighted by atomic mass is 19.1. The van der Waals surface area contributed by atoms with Crippen LogP contribution in [0.4, 0.5) is 4.39 Å². The Kier molecular flexibility index (Phi) is 7.08. The Morgan fingerprint density at radius 2 is 1.59 bits per heavy atom. The van der Waals surface area contributed by atoms with E-state index in [0.29, 0.717) is 17.3 Å². The van der Waals surface area contributed by atoms with Crippen molar-refractivity contribution in [1.29, 1.82) is 0 Å². The molecule has 2 atom stereocenters. The lowest BCUT2D eigenvalue weighted by Gasteiger charge is -2.20. The molecule has 0 unspecified atom stereocenters. The fourth-order valence-corrected chi connectivity index (χ4v) is 4.01. The summed E-state index contributed by atoms with van der Waals surface area (Å²) >= 11 is 0. The van der Waals surface area contributed by atoms with Crippen LogP contribution in [0, 0.1) is 11.7 Å². The lowest BCUT2D eigenvalue weighted by molar-refractivity contribution is -0.146. The molecule has 2 N–H and O–H groups in total. The van der Waals surface area contributed by atoms with Crippen molar-refractivity contribution in [3.8, 4) is 11.1 Å². The van der Waals surface area contributed by atoms with Crippen molar-refractivity contribution in [1.82, 2.24) is 15.0 Å². The molecule has 0 spiro atoms. The zero-order valence-electron chi connectivity index (χ0n) is 18.3. The Hall–Kier alpha value is -3.91. The molecule has 174 valence electrons. The van der Waals surface area contributed by atoms with Gasteiger partial charge in [0.1, 0.15) is 5.82 Å². The van der Waals surface area contributed by atoms with E-state index < -0.39 is 23.6 Å². The van der Waals surface area contributed by atoms with Crippen LogP contribution >= 0.6 is 0 Å². The third-order valence-electron chi connectivity index (χ3n) is 5.95. The molecule has 0 saturated carbocycles. The summed E-state index contributed by atoms with van der Waals surface area (Å²) in [5.41, 5.74) is 2.94. The molecule has 0 bridgehead atoms. The van der Waals surface area contributed by atoms with E-state index in [9.17, 15) is 24.2 Å². The predicted octanol–water partition coefficient (Wildman–Crippen LogP) is 3.68. The second-order valence-corrected chi connectivity index (χ2v) is 8.18. The molecule has 1 heterocycles. The molecule has 0 saturated heterocycles. The van der Waals surface area contributed by atoms with Gasteiger partial charge in [-0.2, -0.15) is 0 Å². The summed E-state index contributed by atoms with van der Waals surface area (Å²) in [4.78, 5) is 23.7. The molecule has 1 aromatic heterocycles. The molecule has 4 rings (SSSR count). The Morgan fingerprint density at radius 1 is 0.941 bits per heavy atom. The maximum absolute atomic E-state index is 13.1. The quantitative estimate of drug-likeness (QED) is 0.394. The zero-order chi connectivity index (χ0) is 24.1. The first-order chi connectivity index (χ1) is 16.4. The molecular weight excluding hydrogens is 437 g/mol. The average molecular weight is 461 g/mol. The smallest absolute Gasteiger partial charge is 0.309 e. The standard InChI is InChI=1S/C26H24FN3O4/c27-20-12-10-19(11-13-20)18-8-5-17(6-9-18)7-14-24(31)22(26(33)34)15-16-30-23-4-2-1-3-21(23)25(32)28-29-30/h1-6,8-13,22,24,31H,7,14-16H2,(H,33,34)/t22-,24+/m0/s1. The van der Waals surface area contributed by atoms with Gasteiger partial charge in [-0.15, -0.1) is 0 Å². The first-order valence-electron chi connectivity index (χ1n) is 11.0. The highest BCUT2D eigenvalue weighted by Crippen LogP contribution is 2.22. The van der Waals surface area contributed by atoms with Gasteiger partial charge < -0.3 is 10.2 Å². The van der Waals surface area contributed by atoms with Crippen molar-refractivity contribution in [2.24, 2.45) is 5.92 Å². The monoisotopic (exact) mass is 461 g/mol. The number of fused-ring (bicyclic) bond motifs is 1. The van der Waals surface area contributed by atoms with Gasteiger partial charge in [-0.3, -0.25) is 9.59 Å². The molecule has 0 radical (unpaired) electrons. The fraction of sp³-hybridized carbons (Fsp3) is 0.231. The van der Waals surface area contributed by atoms with E-state index in [4.69, 9.17) is 0 Å². The third-order valence-corrected chi connectivity index (χ3v) is 5.95. The van der Waals surface area contributed by atoms with E-state index in [2.05, 4.69) is 10.3 Å². The molecular formula is C26H24FN3O4. The Labute approximate surface area is 195 Å². The number of para-hydroxylation sites is 1. The largest absolute Gasteiger partial charge is 0.481 e. The molecule has 3 aromatic carbocycles.